The summed E-state index contributed by atoms with van der Waals surface area (Å²) in [6.07, 6.45) is 2.50. The maximum Gasteiger partial charge on any atom is 0.323 e. The van der Waals surface area contributed by atoms with E-state index in [1.54, 1.807) is 25.2 Å². The van der Waals surface area contributed by atoms with Crippen LogP contribution in [0.1, 0.15) is 0 Å². The molecule has 2 N–H and O–H groups in total. The number of hydrogen-bond acceptors (Lipinski definition) is 4. The fourth-order valence-corrected chi connectivity index (χ4v) is 1.17. The molecule has 0 aliphatic carbocycles. The quantitative estimate of drug-likeness (QED) is 0.601. The largest absolute Gasteiger partial charge is 0.480 e. The van der Waals surface area contributed by atoms with E-state index in [0.29, 0.717) is 0 Å². The summed E-state index contributed by atoms with van der Waals surface area (Å²) < 4.78 is 0. The van der Waals surface area contributed by atoms with Gasteiger partial charge < -0.3 is 15.3 Å². The lowest BCUT2D eigenvalue weighted by atomic mass is 10.3. The Kier molecular flexibility index (Phi) is 3.08. The zero-order chi connectivity index (χ0) is 10.7. The van der Waals surface area contributed by atoms with Gasteiger partial charge in [0.1, 0.15) is 6.54 Å². The first kappa shape index (κ1) is 10.5. The molecule has 14 heavy (non-hydrogen) atoms. The number of carboxylic acids is 1. The summed E-state index contributed by atoms with van der Waals surface area (Å²) in [5.74, 6) is -1.29. The van der Waals surface area contributed by atoms with Crippen molar-refractivity contribution in [2.45, 2.75) is 6.17 Å². The lowest BCUT2D eigenvalue weighted by Crippen LogP contribution is -2.54. The van der Waals surface area contributed by atoms with Crippen molar-refractivity contribution in [1.29, 1.82) is 0 Å². The van der Waals surface area contributed by atoms with Gasteiger partial charge in [0.05, 0.1) is 0 Å². The van der Waals surface area contributed by atoms with Crippen LogP contribution in [0.25, 0.3) is 0 Å². The summed E-state index contributed by atoms with van der Waals surface area (Å²) in [5, 5.41) is 11.4. The molecule has 0 bridgehead atoms. The van der Waals surface area contributed by atoms with E-state index < -0.39 is 12.1 Å². The monoisotopic (exact) mass is 199 g/mol. The fourth-order valence-electron chi connectivity index (χ4n) is 1.17. The molecule has 1 unspecified atom stereocenters. The highest BCUT2D eigenvalue weighted by atomic mass is 16.4. The number of carbonyl (C=O) groups is 2. The molecule has 1 aliphatic rings. The molecule has 1 heterocycles. The third-order valence-corrected chi connectivity index (χ3v) is 1.85. The van der Waals surface area contributed by atoms with Gasteiger partial charge in [0.25, 0.3) is 5.91 Å². The Balaban J connectivity index is 2.70. The molecule has 0 aromatic rings. The standard InChI is InChI=1S/C8H13N3O3/c1-10(2)7-8(14)11(4-3-9-7)5-6(12)13/h3-4,7,9H,5H2,1-2H3,(H,12,13). The number of carboxylic acid groups (broad SMARTS) is 1. The summed E-state index contributed by atoms with van der Waals surface area (Å²) in [4.78, 5) is 24.9. The molecule has 0 spiro atoms. The van der Waals surface area contributed by atoms with Gasteiger partial charge in [-0.05, 0) is 14.1 Å². The maximum absolute atomic E-state index is 11.6. The van der Waals surface area contributed by atoms with Gasteiger partial charge in [-0.1, -0.05) is 0 Å². The molecule has 78 valence electrons. The van der Waals surface area contributed by atoms with Crippen LogP contribution in [0.5, 0.6) is 0 Å². The number of likely N-dealkylation sites (N-methyl/N-ethyl adjacent to an activating group) is 1. The van der Waals surface area contributed by atoms with Gasteiger partial charge in [-0.15, -0.1) is 0 Å². The number of hydrogen-bond donors (Lipinski definition) is 2. The van der Waals surface area contributed by atoms with E-state index in [1.165, 1.54) is 11.1 Å². The summed E-state index contributed by atoms with van der Waals surface area (Å²) in [7, 11) is 3.49. The van der Waals surface area contributed by atoms with Crippen LogP contribution in [0.2, 0.25) is 0 Å². The molecule has 0 fully saturated rings. The topological polar surface area (TPSA) is 72.9 Å². The average Bonchev–Trinajstić information content (AvgIpc) is 2.07. The minimum Gasteiger partial charge on any atom is -0.480 e. The van der Waals surface area contributed by atoms with Crippen LogP contribution in [-0.2, 0) is 9.59 Å². The number of aliphatic carboxylic acids is 1. The SMILES string of the molecule is CN(C)C1NC=CN(CC(=O)O)C1=O. The van der Waals surface area contributed by atoms with Crippen LogP contribution in [-0.4, -0.2) is 53.6 Å². The van der Waals surface area contributed by atoms with E-state index in [-0.39, 0.29) is 12.5 Å². The lowest BCUT2D eigenvalue weighted by Gasteiger charge is -2.31. The molecular formula is C8H13N3O3. The van der Waals surface area contributed by atoms with Crippen LogP contribution in [0.3, 0.4) is 0 Å². The molecule has 0 saturated carbocycles. The normalized spacial score (nSPS) is 21.2. The van der Waals surface area contributed by atoms with Crippen molar-refractivity contribution < 1.29 is 14.7 Å². The van der Waals surface area contributed by atoms with Gasteiger partial charge in [0, 0.05) is 12.4 Å². The van der Waals surface area contributed by atoms with Crippen molar-refractivity contribution in [3.05, 3.63) is 12.4 Å². The third-order valence-electron chi connectivity index (χ3n) is 1.85. The zero-order valence-electron chi connectivity index (χ0n) is 8.10. The Morgan fingerprint density at radius 3 is 2.86 bits per heavy atom. The second-order valence-corrected chi connectivity index (χ2v) is 3.21. The number of nitrogens with zero attached hydrogens (tertiary/aromatic N) is 2. The molecule has 1 rings (SSSR count). The first-order valence-corrected chi connectivity index (χ1v) is 4.14. The van der Waals surface area contributed by atoms with Gasteiger partial charge in [0.2, 0.25) is 0 Å². The summed E-state index contributed by atoms with van der Waals surface area (Å²) in [6, 6.07) is 0. The van der Waals surface area contributed by atoms with Crippen molar-refractivity contribution in [3.8, 4) is 0 Å². The van der Waals surface area contributed by atoms with Crippen molar-refractivity contribution in [3.63, 3.8) is 0 Å². The van der Waals surface area contributed by atoms with E-state index in [4.69, 9.17) is 5.11 Å². The minimum absolute atomic E-state index is 0.264. The number of nitrogens with one attached hydrogen (secondary N) is 1. The van der Waals surface area contributed by atoms with Crippen LogP contribution in [0.15, 0.2) is 12.4 Å². The van der Waals surface area contributed by atoms with Gasteiger partial charge in [-0.2, -0.15) is 0 Å². The second kappa shape index (κ2) is 4.10. The van der Waals surface area contributed by atoms with E-state index in [9.17, 15) is 9.59 Å². The molecular weight excluding hydrogens is 186 g/mol. The predicted molar refractivity (Wildman–Crippen MR) is 49.1 cm³/mol. The van der Waals surface area contributed by atoms with Crippen molar-refractivity contribution >= 4 is 11.9 Å². The van der Waals surface area contributed by atoms with Crippen molar-refractivity contribution in [1.82, 2.24) is 15.1 Å². The van der Waals surface area contributed by atoms with E-state index in [0.717, 1.165) is 0 Å². The highest BCUT2D eigenvalue weighted by molar-refractivity contribution is 5.86. The molecule has 0 saturated heterocycles. The summed E-state index contributed by atoms with van der Waals surface area (Å²) in [6.45, 7) is -0.304. The first-order valence-electron chi connectivity index (χ1n) is 4.14. The highest BCUT2D eigenvalue weighted by Gasteiger charge is 2.27. The number of carbonyl (C=O) groups excluding carboxylic acids is 1. The zero-order valence-corrected chi connectivity index (χ0v) is 8.10. The molecule has 6 heteroatoms. The second-order valence-electron chi connectivity index (χ2n) is 3.21. The number of amides is 1. The Morgan fingerprint density at radius 2 is 2.36 bits per heavy atom. The molecule has 1 atom stereocenters. The van der Waals surface area contributed by atoms with Crippen LogP contribution >= 0.6 is 0 Å². The van der Waals surface area contributed by atoms with Crippen LogP contribution in [0, 0.1) is 0 Å². The van der Waals surface area contributed by atoms with E-state index >= 15 is 0 Å². The van der Waals surface area contributed by atoms with Gasteiger partial charge in [-0.3, -0.25) is 14.5 Å². The average molecular weight is 199 g/mol. The highest BCUT2D eigenvalue weighted by Crippen LogP contribution is 2.03. The molecule has 0 radical (unpaired) electrons. The Morgan fingerprint density at radius 1 is 1.71 bits per heavy atom. The van der Waals surface area contributed by atoms with Crippen molar-refractivity contribution in [2.75, 3.05) is 20.6 Å². The predicted octanol–water partition coefficient (Wildman–Crippen LogP) is -1.14. The number of rotatable bonds is 3. The molecule has 0 aromatic carbocycles. The summed E-state index contributed by atoms with van der Waals surface area (Å²) >= 11 is 0. The summed E-state index contributed by atoms with van der Waals surface area (Å²) in [5.41, 5.74) is 0. The van der Waals surface area contributed by atoms with E-state index in [1.807, 2.05) is 0 Å². The fraction of sp³-hybridized carbons (Fsp3) is 0.500. The lowest BCUT2D eigenvalue weighted by molar-refractivity contribution is -0.145. The maximum atomic E-state index is 11.6. The first-order chi connectivity index (χ1) is 6.52. The van der Waals surface area contributed by atoms with Gasteiger partial charge in [0.15, 0.2) is 6.17 Å². The molecule has 1 aliphatic heterocycles. The Hall–Kier alpha value is -1.56. The van der Waals surface area contributed by atoms with Gasteiger partial charge in [-0.25, -0.2) is 0 Å². The van der Waals surface area contributed by atoms with E-state index in [2.05, 4.69) is 5.32 Å². The Bertz CT molecular complexity index is 275. The smallest absolute Gasteiger partial charge is 0.323 e. The minimum atomic E-state index is -1.03. The van der Waals surface area contributed by atoms with Crippen LogP contribution < -0.4 is 5.32 Å². The van der Waals surface area contributed by atoms with Crippen LogP contribution in [0.4, 0.5) is 0 Å². The third kappa shape index (κ3) is 2.23. The van der Waals surface area contributed by atoms with Gasteiger partial charge >= 0.3 is 5.97 Å². The van der Waals surface area contributed by atoms with Crippen molar-refractivity contribution in [2.24, 2.45) is 0 Å². The molecule has 6 nitrogen and oxygen atoms in total. The Labute approximate surface area is 81.8 Å². The molecule has 0 aromatic heterocycles. The molecule has 1 amide bonds.